The first-order valence-corrected chi connectivity index (χ1v) is 10.1. The average Bonchev–Trinajstić information content (AvgIpc) is 3.04. The van der Waals surface area contributed by atoms with Crippen LogP contribution in [0.5, 0.6) is 0 Å². The molecular weight excluding hydrogens is 400 g/mol. The van der Waals surface area contributed by atoms with Gasteiger partial charge in [0.2, 0.25) is 0 Å². The van der Waals surface area contributed by atoms with E-state index >= 15 is 0 Å². The Morgan fingerprint density at radius 1 is 1.10 bits per heavy atom. The van der Waals surface area contributed by atoms with Crippen molar-refractivity contribution < 1.29 is 19.6 Å². The number of nitro groups is 1. The summed E-state index contributed by atoms with van der Waals surface area (Å²) in [6.45, 7) is 1.20. The van der Waals surface area contributed by atoms with E-state index in [1.54, 1.807) is 24.5 Å². The number of pyridine rings is 1. The number of carbonyl (C=O) groups is 2. The predicted octanol–water partition coefficient (Wildman–Crippen LogP) is 1.97. The van der Waals surface area contributed by atoms with E-state index in [0.717, 1.165) is 18.4 Å². The van der Waals surface area contributed by atoms with Gasteiger partial charge in [0.15, 0.2) is 0 Å². The fourth-order valence-electron chi connectivity index (χ4n) is 4.10. The molecule has 1 saturated heterocycles. The number of amides is 2. The lowest BCUT2D eigenvalue weighted by Crippen LogP contribution is -2.40. The third-order valence-corrected chi connectivity index (χ3v) is 5.69. The molecule has 1 aromatic carbocycles. The zero-order valence-corrected chi connectivity index (χ0v) is 16.8. The van der Waals surface area contributed by atoms with Crippen LogP contribution < -0.4 is 0 Å². The van der Waals surface area contributed by atoms with Crippen molar-refractivity contribution in [2.45, 2.75) is 19.4 Å². The van der Waals surface area contributed by atoms with E-state index in [1.165, 1.54) is 29.2 Å². The van der Waals surface area contributed by atoms with Crippen LogP contribution in [0.25, 0.3) is 5.57 Å². The highest BCUT2D eigenvalue weighted by atomic mass is 16.6. The minimum absolute atomic E-state index is 0.0134. The van der Waals surface area contributed by atoms with Crippen molar-refractivity contribution in [2.24, 2.45) is 5.92 Å². The summed E-state index contributed by atoms with van der Waals surface area (Å²) in [6, 6.07) is 9.15. The number of nitrogens with zero attached hydrogens (tertiary/aromatic N) is 4. The highest BCUT2D eigenvalue weighted by Gasteiger charge is 2.42. The highest BCUT2D eigenvalue weighted by molar-refractivity contribution is 6.35. The van der Waals surface area contributed by atoms with Crippen molar-refractivity contribution in [2.75, 3.05) is 19.7 Å². The van der Waals surface area contributed by atoms with Crippen molar-refractivity contribution in [3.63, 3.8) is 0 Å². The van der Waals surface area contributed by atoms with Crippen LogP contribution in [-0.2, 0) is 16.1 Å². The van der Waals surface area contributed by atoms with E-state index in [-0.39, 0.29) is 30.3 Å². The van der Waals surface area contributed by atoms with Crippen LogP contribution in [0, 0.1) is 16.0 Å². The topological polar surface area (TPSA) is 117 Å². The lowest BCUT2D eigenvalue weighted by atomic mass is 9.97. The molecule has 9 nitrogen and oxygen atoms in total. The number of aromatic nitrogens is 1. The Morgan fingerprint density at radius 3 is 2.45 bits per heavy atom. The Bertz CT molecular complexity index is 1040. The first kappa shape index (κ1) is 20.7. The summed E-state index contributed by atoms with van der Waals surface area (Å²) in [5, 5.41) is 20.6. The van der Waals surface area contributed by atoms with Gasteiger partial charge in [-0.05, 0) is 54.2 Å². The Hall–Kier alpha value is -3.59. The molecule has 2 amide bonds. The van der Waals surface area contributed by atoms with Gasteiger partial charge in [0.25, 0.3) is 17.5 Å². The Labute approximate surface area is 178 Å². The Morgan fingerprint density at radius 2 is 1.81 bits per heavy atom. The molecule has 160 valence electrons. The Kier molecular flexibility index (Phi) is 5.77. The van der Waals surface area contributed by atoms with Crippen LogP contribution in [0.1, 0.15) is 24.0 Å². The van der Waals surface area contributed by atoms with Gasteiger partial charge >= 0.3 is 0 Å². The number of aliphatic hydroxyl groups excluding tert-OH is 1. The van der Waals surface area contributed by atoms with Gasteiger partial charge < -0.3 is 10.0 Å². The normalized spacial score (nSPS) is 19.3. The molecule has 2 aliphatic rings. The first-order chi connectivity index (χ1) is 15.0. The molecule has 1 aromatic heterocycles. The second kappa shape index (κ2) is 8.65. The monoisotopic (exact) mass is 422 g/mol. The van der Waals surface area contributed by atoms with Crippen LogP contribution in [0.4, 0.5) is 5.69 Å². The van der Waals surface area contributed by atoms with Gasteiger partial charge in [-0.1, -0.05) is 0 Å². The minimum Gasteiger partial charge on any atom is -0.396 e. The molecule has 1 unspecified atom stereocenters. The van der Waals surface area contributed by atoms with Crippen LogP contribution in [0.15, 0.2) is 54.5 Å². The zero-order chi connectivity index (χ0) is 22.0. The summed E-state index contributed by atoms with van der Waals surface area (Å²) in [6.07, 6.45) is 4.86. The largest absolute Gasteiger partial charge is 0.396 e. The van der Waals surface area contributed by atoms with Crippen molar-refractivity contribution >= 4 is 23.1 Å². The molecule has 1 atom stereocenters. The summed E-state index contributed by atoms with van der Waals surface area (Å²) >= 11 is 0. The minimum atomic E-state index is -0.507. The van der Waals surface area contributed by atoms with Gasteiger partial charge in [-0.25, -0.2) is 0 Å². The molecule has 2 aromatic rings. The standard InChI is InChI=1S/C22H22N4O5/c27-14-16-2-1-11-24(12-16)20-19(17-3-5-18(6-4-17)26(30)31)21(28)25(22(20)29)13-15-7-9-23-10-8-15/h3-10,16,27H,1-2,11-14H2. The summed E-state index contributed by atoms with van der Waals surface area (Å²) in [5.41, 5.74) is 1.68. The number of hydrogen-bond donors (Lipinski definition) is 1. The molecule has 1 N–H and O–H groups in total. The fraction of sp³-hybridized carbons (Fsp3) is 0.318. The number of benzene rings is 1. The van der Waals surface area contributed by atoms with Crippen LogP contribution in [0.2, 0.25) is 0 Å². The lowest BCUT2D eigenvalue weighted by Gasteiger charge is -2.34. The van der Waals surface area contributed by atoms with Gasteiger partial charge in [-0.2, -0.15) is 0 Å². The van der Waals surface area contributed by atoms with E-state index in [9.17, 15) is 24.8 Å². The maximum absolute atomic E-state index is 13.4. The molecule has 0 spiro atoms. The molecule has 0 radical (unpaired) electrons. The van der Waals surface area contributed by atoms with E-state index in [4.69, 9.17) is 0 Å². The smallest absolute Gasteiger partial charge is 0.278 e. The molecule has 3 heterocycles. The highest BCUT2D eigenvalue weighted by Crippen LogP contribution is 2.35. The Balaban J connectivity index is 1.74. The number of hydrogen-bond acceptors (Lipinski definition) is 7. The van der Waals surface area contributed by atoms with E-state index in [1.807, 2.05) is 4.90 Å². The first-order valence-electron chi connectivity index (χ1n) is 10.1. The van der Waals surface area contributed by atoms with Crippen molar-refractivity contribution in [3.05, 3.63) is 75.7 Å². The lowest BCUT2D eigenvalue weighted by molar-refractivity contribution is -0.384. The quantitative estimate of drug-likeness (QED) is 0.430. The molecule has 0 bridgehead atoms. The van der Waals surface area contributed by atoms with E-state index in [0.29, 0.717) is 24.4 Å². The summed E-state index contributed by atoms with van der Waals surface area (Å²) in [5.74, 6) is -0.804. The number of imide groups is 1. The molecule has 9 heteroatoms. The number of non-ortho nitro benzene ring substituents is 1. The van der Waals surface area contributed by atoms with Crippen molar-refractivity contribution in [1.82, 2.24) is 14.8 Å². The van der Waals surface area contributed by atoms with E-state index in [2.05, 4.69) is 4.98 Å². The second-order valence-electron chi connectivity index (χ2n) is 7.72. The molecule has 1 fully saturated rings. The maximum Gasteiger partial charge on any atom is 0.278 e. The predicted molar refractivity (Wildman–Crippen MR) is 111 cm³/mol. The third kappa shape index (κ3) is 4.04. The number of rotatable bonds is 6. The third-order valence-electron chi connectivity index (χ3n) is 5.69. The number of piperidine rings is 1. The number of carbonyl (C=O) groups excluding carboxylic acids is 2. The molecular formula is C22H22N4O5. The molecule has 4 rings (SSSR count). The summed E-state index contributed by atoms with van der Waals surface area (Å²) < 4.78 is 0. The van der Waals surface area contributed by atoms with E-state index < -0.39 is 16.7 Å². The molecule has 2 aliphatic heterocycles. The molecule has 0 aliphatic carbocycles. The van der Waals surface area contributed by atoms with Crippen molar-refractivity contribution in [3.8, 4) is 0 Å². The van der Waals surface area contributed by atoms with Crippen LogP contribution in [0.3, 0.4) is 0 Å². The van der Waals surface area contributed by atoms with Crippen LogP contribution in [-0.4, -0.2) is 56.3 Å². The van der Waals surface area contributed by atoms with Gasteiger partial charge in [0, 0.05) is 44.2 Å². The number of nitro benzene ring substituents is 1. The van der Waals surface area contributed by atoms with Gasteiger partial charge in [0.1, 0.15) is 5.70 Å². The molecule has 0 saturated carbocycles. The fourth-order valence-corrected chi connectivity index (χ4v) is 4.10. The van der Waals surface area contributed by atoms with Crippen molar-refractivity contribution in [1.29, 1.82) is 0 Å². The van der Waals surface area contributed by atoms with Gasteiger partial charge in [0.05, 0.1) is 17.0 Å². The number of likely N-dealkylation sites (tertiary alicyclic amines) is 1. The number of aliphatic hydroxyl groups is 1. The van der Waals surface area contributed by atoms with Gasteiger partial charge in [-0.3, -0.25) is 29.6 Å². The molecule has 31 heavy (non-hydrogen) atoms. The zero-order valence-electron chi connectivity index (χ0n) is 16.8. The average molecular weight is 422 g/mol. The van der Waals surface area contributed by atoms with Gasteiger partial charge in [-0.15, -0.1) is 0 Å². The summed E-state index contributed by atoms with van der Waals surface area (Å²) in [7, 11) is 0. The second-order valence-corrected chi connectivity index (χ2v) is 7.72. The maximum atomic E-state index is 13.4. The van der Waals surface area contributed by atoms with Crippen LogP contribution >= 0.6 is 0 Å². The SMILES string of the molecule is O=C1C(c2ccc([N+](=O)[O-])cc2)=C(N2CCCC(CO)C2)C(=O)N1Cc1ccncc1. The summed E-state index contributed by atoms with van der Waals surface area (Å²) in [4.78, 5) is 44.3.